The van der Waals surface area contributed by atoms with Gasteiger partial charge in [-0.3, -0.25) is 4.90 Å². The standard InChI is InChI=1S/C26H25N5O3/c27-16-20-5-1-2-9-24(20)31-13-11-30(12-14-31)17-21(32)18-33-22-7-3-6-19(15-22)25-23-8-4-10-28-26(23)34-29-25/h1-10,15,21,32H,11-14,17-18H2/t21-/m1/s1. The van der Waals surface area contributed by atoms with Crippen molar-refractivity contribution in [3.05, 3.63) is 72.4 Å². The van der Waals surface area contributed by atoms with Gasteiger partial charge >= 0.3 is 0 Å². The van der Waals surface area contributed by atoms with Crippen molar-refractivity contribution in [2.24, 2.45) is 0 Å². The van der Waals surface area contributed by atoms with Crippen LogP contribution in [0.2, 0.25) is 0 Å². The number of piperazine rings is 1. The lowest BCUT2D eigenvalue weighted by atomic mass is 10.1. The van der Waals surface area contributed by atoms with E-state index in [1.807, 2.05) is 60.7 Å². The molecular formula is C26H25N5O3. The fraction of sp³-hybridized carbons (Fsp3) is 0.269. The zero-order valence-corrected chi connectivity index (χ0v) is 18.7. The zero-order valence-electron chi connectivity index (χ0n) is 18.7. The molecule has 172 valence electrons. The number of β-amino-alcohol motifs (C(OH)–C–C–N with tert-alkyl or cyclic N) is 1. The third-order valence-electron chi connectivity index (χ3n) is 6.01. The maximum absolute atomic E-state index is 10.6. The summed E-state index contributed by atoms with van der Waals surface area (Å²) in [5, 5.41) is 24.9. The maximum Gasteiger partial charge on any atom is 0.258 e. The number of rotatable bonds is 7. The number of ether oxygens (including phenoxy) is 1. The summed E-state index contributed by atoms with van der Waals surface area (Å²) in [5.41, 5.74) is 3.75. The molecule has 0 unspecified atom stereocenters. The van der Waals surface area contributed by atoms with Crippen LogP contribution < -0.4 is 9.64 Å². The Kier molecular flexibility index (Phi) is 6.38. The monoisotopic (exact) mass is 455 g/mol. The Labute approximate surface area is 197 Å². The highest BCUT2D eigenvalue weighted by molar-refractivity contribution is 5.89. The van der Waals surface area contributed by atoms with Crippen LogP contribution in [0.4, 0.5) is 5.69 Å². The lowest BCUT2D eigenvalue weighted by Crippen LogP contribution is -2.49. The van der Waals surface area contributed by atoms with E-state index >= 15 is 0 Å². The van der Waals surface area contributed by atoms with Gasteiger partial charge in [-0.15, -0.1) is 0 Å². The molecule has 1 fully saturated rings. The van der Waals surface area contributed by atoms with Gasteiger partial charge in [-0.1, -0.05) is 29.4 Å². The first kappa shape index (κ1) is 21.9. The average Bonchev–Trinajstić information content (AvgIpc) is 3.32. The van der Waals surface area contributed by atoms with Crippen molar-refractivity contribution in [3.8, 4) is 23.1 Å². The molecule has 2 aromatic carbocycles. The third-order valence-corrected chi connectivity index (χ3v) is 6.01. The van der Waals surface area contributed by atoms with Gasteiger partial charge in [0.25, 0.3) is 5.71 Å². The van der Waals surface area contributed by atoms with E-state index in [0.717, 1.165) is 42.8 Å². The molecule has 5 rings (SSSR count). The van der Waals surface area contributed by atoms with E-state index in [0.29, 0.717) is 29.3 Å². The van der Waals surface area contributed by atoms with Gasteiger partial charge in [0.15, 0.2) is 0 Å². The molecule has 34 heavy (non-hydrogen) atoms. The van der Waals surface area contributed by atoms with Gasteiger partial charge in [-0.05, 0) is 36.4 Å². The molecule has 2 aromatic heterocycles. The lowest BCUT2D eigenvalue weighted by molar-refractivity contribution is 0.0663. The normalized spacial score (nSPS) is 15.2. The van der Waals surface area contributed by atoms with Gasteiger partial charge in [0, 0.05) is 44.5 Å². The van der Waals surface area contributed by atoms with Crippen LogP contribution in [0, 0.1) is 11.3 Å². The Morgan fingerprint density at radius 1 is 1.06 bits per heavy atom. The Bertz CT molecular complexity index is 1310. The number of aliphatic hydroxyl groups is 1. The SMILES string of the molecule is N#Cc1ccccc1N1CCN(C[C@@H](O)COc2cccc(-c3noc4ncccc34)c2)CC1. The van der Waals surface area contributed by atoms with Gasteiger partial charge in [-0.2, -0.15) is 5.26 Å². The fourth-order valence-electron chi connectivity index (χ4n) is 4.28. The summed E-state index contributed by atoms with van der Waals surface area (Å²) >= 11 is 0. The minimum atomic E-state index is -0.612. The van der Waals surface area contributed by atoms with Crippen molar-refractivity contribution < 1.29 is 14.4 Å². The van der Waals surface area contributed by atoms with Crippen molar-refractivity contribution in [2.45, 2.75) is 6.10 Å². The smallest absolute Gasteiger partial charge is 0.258 e. The lowest BCUT2D eigenvalue weighted by Gasteiger charge is -2.37. The molecule has 8 nitrogen and oxygen atoms in total. The van der Waals surface area contributed by atoms with E-state index in [9.17, 15) is 10.4 Å². The number of hydrogen-bond acceptors (Lipinski definition) is 8. The van der Waals surface area contributed by atoms with E-state index in [1.54, 1.807) is 6.20 Å². The molecule has 3 heterocycles. The van der Waals surface area contributed by atoms with E-state index in [2.05, 4.69) is 26.0 Å². The van der Waals surface area contributed by atoms with Gasteiger partial charge in [0.2, 0.25) is 0 Å². The van der Waals surface area contributed by atoms with Crippen molar-refractivity contribution in [1.29, 1.82) is 5.26 Å². The highest BCUT2D eigenvalue weighted by Gasteiger charge is 2.21. The minimum Gasteiger partial charge on any atom is -0.491 e. The molecule has 0 aliphatic carbocycles. The molecular weight excluding hydrogens is 430 g/mol. The number of anilines is 1. The van der Waals surface area contributed by atoms with E-state index in [4.69, 9.17) is 9.26 Å². The number of aromatic nitrogens is 2. The summed E-state index contributed by atoms with van der Waals surface area (Å²) < 4.78 is 11.2. The van der Waals surface area contributed by atoms with Crippen molar-refractivity contribution in [2.75, 3.05) is 44.2 Å². The summed E-state index contributed by atoms with van der Waals surface area (Å²) in [6, 6.07) is 21.3. The number of nitriles is 1. The van der Waals surface area contributed by atoms with Crippen LogP contribution in [0.25, 0.3) is 22.4 Å². The second-order valence-corrected chi connectivity index (χ2v) is 8.30. The van der Waals surface area contributed by atoms with Gasteiger partial charge in [0.05, 0.1) is 16.6 Å². The molecule has 1 aliphatic rings. The predicted molar refractivity (Wildman–Crippen MR) is 129 cm³/mol. The predicted octanol–water partition coefficient (Wildman–Crippen LogP) is 3.32. The van der Waals surface area contributed by atoms with E-state index in [1.165, 1.54) is 0 Å². The summed E-state index contributed by atoms with van der Waals surface area (Å²) in [6.07, 6.45) is 1.06. The Morgan fingerprint density at radius 2 is 1.91 bits per heavy atom. The Morgan fingerprint density at radius 3 is 2.76 bits per heavy atom. The Hall–Kier alpha value is -3.93. The van der Waals surface area contributed by atoms with Crippen LogP contribution in [-0.4, -0.2) is 65.6 Å². The first-order chi connectivity index (χ1) is 16.7. The second-order valence-electron chi connectivity index (χ2n) is 8.30. The fourth-order valence-corrected chi connectivity index (χ4v) is 4.28. The number of benzene rings is 2. The van der Waals surface area contributed by atoms with Gasteiger partial charge in [0.1, 0.15) is 30.2 Å². The molecule has 1 saturated heterocycles. The summed E-state index contributed by atoms with van der Waals surface area (Å²) in [7, 11) is 0. The van der Waals surface area contributed by atoms with E-state index < -0.39 is 6.10 Å². The molecule has 8 heteroatoms. The molecule has 0 bridgehead atoms. The maximum atomic E-state index is 10.6. The van der Waals surface area contributed by atoms with E-state index in [-0.39, 0.29) is 6.61 Å². The third kappa shape index (κ3) is 4.71. The van der Waals surface area contributed by atoms with Crippen LogP contribution in [0.3, 0.4) is 0 Å². The number of aliphatic hydroxyl groups excluding tert-OH is 1. The molecule has 1 N–H and O–H groups in total. The van der Waals surface area contributed by atoms with Crippen molar-refractivity contribution >= 4 is 16.8 Å². The molecule has 0 spiro atoms. The topological polar surface area (TPSA) is 98.7 Å². The number of para-hydroxylation sites is 1. The molecule has 0 amide bonds. The zero-order chi connectivity index (χ0) is 23.3. The number of pyridine rings is 1. The molecule has 0 radical (unpaired) electrons. The minimum absolute atomic E-state index is 0.196. The van der Waals surface area contributed by atoms with Crippen LogP contribution in [0.5, 0.6) is 5.75 Å². The van der Waals surface area contributed by atoms with Gasteiger partial charge in [-0.25, -0.2) is 4.98 Å². The number of nitrogens with zero attached hydrogens (tertiary/aromatic N) is 5. The van der Waals surface area contributed by atoms with Crippen LogP contribution in [-0.2, 0) is 0 Å². The largest absolute Gasteiger partial charge is 0.491 e. The molecule has 4 aromatic rings. The Balaban J connectivity index is 1.14. The number of fused-ring (bicyclic) bond motifs is 1. The molecule has 0 saturated carbocycles. The van der Waals surface area contributed by atoms with Crippen LogP contribution >= 0.6 is 0 Å². The summed E-state index contributed by atoms with van der Waals surface area (Å²) in [4.78, 5) is 8.64. The highest BCUT2D eigenvalue weighted by Crippen LogP contribution is 2.29. The van der Waals surface area contributed by atoms with Crippen LogP contribution in [0.15, 0.2) is 71.4 Å². The molecule has 1 atom stereocenters. The van der Waals surface area contributed by atoms with Crippen molar-refractivity contribution in [1.82, 2.24) is 15.0 Å². The average molecular weight is 456 g/mol. The number of hydrogen-bond donors (Lipinski definition) is 1. The quantitative estimate of drug-likeness (QED) is 0.453. The first-order valence-corrected chi connectivity index (χ1v) is 11.3. The highest BCUT2D eigenvalue weighted by atomic mass is 16.5. The van der Waals surface area contributed by atoms with Gasteiger partial charge < -0.3 is 19.3 Å². The summed E-state index contributed by atoms with van der Waals surface area (Å²) in [5.74, 6) is 0.662. The van der Waals surface area contributed by atoms with Crippen molar-refractivity contribution in [3.63, 3.8) is 0 Å². The van der Waals surface area contributed by atoms with Crippen LogP contribution in [0.1, 0.15) is 5.56 Å². The second kappa shape index (κ2) is 9.91. The summed E-state index contributed by atoms with van der Waals surface area (Å²) in [6.45, 7) is 4.00. The molecule has 1 aliphatic heterocycles. The first-order valence-electron chi connectivity index (χ1n) is 11.3.